The lowest BCUT2D eigenvalue weighted by Crippen LogP contribution is -2.52. The lowest BCUT2D eigenvalue weighted by molar-refractivity contribution is -0.139. The number of rotatable bonds is 4. The number of anilines is 1. The highest BCUT2D eigenvalue weighted by Crippen LogP contribution is 2.22. The summed E-state index contributed by atoms with van der Waals surface area (Å²) >= 11 is 0. The lowest BCUT2D eigenvalue weighted by Gasteiger charge is -2.39. The summed E-state index contributed by atoms with van der Waals surface area (Å²) < 4.78 is 13.1. The van der Waals surface area contributed by atoms with Crippen LogP contribution in [0.4, 0.5) is 10.1 Å². The van der Waals surface area contributed by atoms with Crippen LogP contribution in [0.5, 0.6) is 0 Å². The van der Waals surface area contributed by atoms with Gasteiger partial charge in [-0.3, -0.25) is 9.59 Å². The van der Waals surface area contributed by atoms with Crippen LogP contribution < -0.4 is 4.90 Å². The molecule has 2 amide bonds. The van der Waals surface area contributed by atoms with Crippen molar-refractivity contribution in [3.63, 3.8) is 0 Å². The normalized spacial score (nSPS) is 17.9. The maximum Gasteiger partial charge on any atom is 0.246 e. The average molecular weight is 422 g/mol. The average Bonchev–Trinajstić information content (AvgIpc) is 2.83. The molecular weight excluding hydrogens is 393 g/mol. The third-order valence-corrected chi connectivity index (χ3v) is 6.16. The molecule has 2 heterocycles. The van der Waals surface area contributed by atoms with E-state index in [1.54, 1.807) is 18.2 Å². The number of piperidine rings is 1. The van der Waals surface area contributed by atoms with Crippen molar-refractivity contribution >= 4 is 23.6 Å². The van der Waals surface area contributed by atoms with Crippen molar-refractivity contribution in [1.82, 2.24) is 9.80 Å². The van der Waals surface area contributed by atoms with E-state index in [4.69, 9.17) is 0 Å². The molecule has 0 aromatic heterocycles. The van der Waals surface area contributed by atoms with Gasteiger partial charge in [-0.1, -0.05) is 30.3 Å². The predicted octanol–water partition coefficient (Wildman–Crippen LogP) is 3.43. The van der Waals surface area contributed by atoms with E-state index in [0.29, 0.717) is 39.0 Å². The van der Waals surface area contributed by atoms with Gasteiger partial charge in [0.1, 0.15) is 5.82 Å². The van der Waals surface area contributed by atoms with E-state index in [0.717, 1.165) is 24.3 Å². The zero-order valence-corrected chi connectivity index (χ0v) is 17.6. The number of likely N-dealkylation sites (tertiary alicyclic amines) is 1. The van der Waals surface area contributed by atoms with Crippen molar-refractivity contribution < 1.29 is 14.0 Å². The first-order valence-corrected chi connectivity index (χ1v) is 10.9. The fourth-order valence-electron chi connectivity index (χ4n) is 4.28. The molecule has 0 spiro atoms. The highest BCUT2D eigenvalue weighted by Gasteiger charge is 2.31. The second kappa shape index (κ2) is 9.77. The molecule has 0 N–H and O–H groups in total. The van der Waals surface area contributed by atoms with Gasteiger partial charge in [0.2, 0.25) is 11.8 Å². The van der Waals surface area contributed by atoms with E-state index in [-0.39, 0.29) is 23.5 Å². The highest BCUT2D eigenvalue weighted by molar-refractivity contribution is 5.92. The summed E-state index contributed by atoms with van der Waals surface area (Å²) in [6.45, 7) is 4.08. The van der Waals surface area contributed by atoms with Crippen molar-refractivity contribution in [2.75, 3.05) is 44.2 Å². The Morgan fingerprint density at radius 3 is 2.10 bits per heavy atom. The molecule has 0 radical (unpaired) electrons. The summed E-state index contributed by atoms with van der Waals surface area (Å²) in [5.74, 6) is -0.0502. The largest absolute Gasteiger partial charge is 0.368 e. The van der Waals surface area contributed by atoms with Crippen molar-refractivity contribution in [2.45, 2.75) is 12.8 Å². The fourth-order valence-corrected chi connectivity index (χ4v) is 4.28. The van der Waals surface area contributed by atoms with Gasteiger partial charge in [0.25, 0.3) is 0 Å². The van der Waals surface area contributed by atoms with Crippen molar-refractivity contribution in [3.8, 4) is 0 Å². The van der Waals surface area contributed by atoms with Gasteiger partial charge in [-0.25, -0.2) is 4.39 Å². The third-order valence-electron chi connectivity index (χ3n) is 6.16. The quantitative estimate of drug-likeness (QED) is 0.711. The van der Waals surface area contributed by atoms with Crippen LogP contribution >= 0.6 is 0 Å². The summed E-state index contributed by atoms with van der Waals surface area (Å²) in [5.41, 5.74) is 1.99. The Hall–Kier alpha value is -3.15. The summed E-state index contributed by atoms with van der Waals surface area (Å²) in [5, 5.41) is 0. The van der Waals surface area contributed by atoms with Crippen LogP contribution in [-0.4, -0.2) is 60.9 Å². The minimum atomic E-state index is -0.238. The second-order valence-electron chi connectivity index (χ2n) is 8.13. The zero-order chi connectivity index (χ0) is 21.6. The molecule has 2 aromatic carbocycles. The summed E-state index contributed by atoms with van der Waals surface area (Å²) in [4.78, 5) is 31.4. The molecular formula is C25H28FN3O2. The van der Waals surface area contributed by atoms with E-state index < -0.39 is 0 Å². The number of halogens is 1. The van der Waals surface area contributed by atoms with Crippen molar-refractivity contribution in [1.29, 1.82) is 0 Å². The van der Waals surface area contributed by atoms with E-state index in [2.05, 4.69) is 4.90 Å². The molecule has 2 fully saturated rings. The van der Waals surface area contributed by atoms with Crippen LogP contribution in [0.2, 0.25) is 0 Å². The molecule has 6 heteroatoms. The van der Waals surface area contributed by atoms with Gasteiger partial charge < -0.3 is 14.7 Å². The number of amides is 2. The molecule has 162 valence electrons. The molecule has 2 aliphatic rings. The highest BCUT2D eigenvalue weighted by atomic mass is 19.1. The van der Waals surface area contributed by atoms with Crippen molar-refractivity contribution in [2.24, 2.45) is 5.92 Å². The number of carbonyl (C=O) groups is 2. The summed E-state index contributed by atoms with van der Waals surface area (Å²) in [6, 6.07) is 16.3. The Morgan fingerprint density at radius 1 is 0.806 bits per heavy atom. The standard InChI is InChI=1S/C25H28FN3O2/c26-22-7-9-23(10-8-22)27-16-18-29(19-17-27)25(31)21-12-14-28(15-13-21)24(30)11-6-20-4-2-1-3-5-20/h1-11,21H,12-19H2/b11-6+. The third kappa shape index (κ3) is 5.32. The molecule has 31 heavy (non-hydrogen) atoms. The molecule has 0 atom stereocenters. The minimum absolute atomic E-state index is 0.00247. The molecule has 0 aliphatic carbocycles. The molecule has 2 aliphatic heterocycles. The van der Waals surface area contributed by atoms with Crippen LogP contribution in [0, 0.1) is 11.7 Å². The smallest absolute Gasteiger partial charge is 0.246 e. The van der Waals surface area contributed by atoms with E-state index >= 15 is 0 Å². The minimum Gasteiger partial charge on any atom is -0.368 e. The molecule has 5 nitrogen and oxygen atoms in total. The van der Waals surface area contributed by atoms with E-state index in [9.17, 15) is 14.0 Å². The zero-order valence-electron chi connectivity index (χ0n) is 17.6. The van der Waals surface area contributed by atoms with Gasteiger partial charge in [-0.2, -0.15) is 0 Å². The number of piperazine rings is 1. The molecule has 4 rings (SSSR count). The summed E-state index contributed by atoms with van der Waals surface area (Å²) in [7, 11) is 0. The van der Waals surface area contributed by atoms with Gasteiger partial charge >= 0.3 is 0 Å². The molecule has 0 bridgehead atoms. The maximum absolute atomic E-state index is 13.1. The predicted molar refractivity (Wildman–Crippen MR) is 120 cm³/mol. The van der Waals surface area contributed by atoms with Crippen LogP contribution in [0.1, 0.15) is 18.4 Å². The van der Waals surface area contributed by atoms with Crippen LogP contribution in [0.15, 0.2) is 60.7 Å². The van der Waals surface area contributed by atoms with Gasteiger partial charge in [-0.05, 0) is 48.7 Å². The lowest BCUT2D eigenvalue weighted by atomic mass is 9.95. The number of hydrogen-bond donors (Lipinski definition) is 0. The maximum atomic E-state index is 13.1. The first-order chi connectivity index (χ1) is 15.1. The van der Waals surface area contributed by atoms with Crippen molar-refractivity contribution in [3.05, 3.63) is 72.1 Å². The fraction of sp³-hybridized carbons (Fsp3) is 0.360. The van der Waals surface area contributed by atoms with Gasteiger partial charge in [-0.15, -0.1) is 0 Å². The van der Waals surface area contributed by atoms with E-state index in [1.165, 1.54) is 12.1 Å². The van der Waals surface area contributed by atoms with Gasteiger partial charge in [0.05, 0.1) is 0 Å². The van der Waals surface area contributed by atoms with Crippen LogP contribution in [0.3, 0.4) is 0 Å². The monoisotopic (exact) mass is 421 g/mol. The van der Waals surface area contributed by atoms with Crippen LogP contribution in [0.25, 0.3) is 6.08 Å². The summed E-state index contributed by atoms with van der Waals surface area (Å²) in [6.07, 6.45) is 4.87. The first kappa shape index (κ1) is 21.1. The van der Waals surface area contributed by atoms with Gasteiger partial charge in [0, 0.05) is 56.9 Å². The topological polar surface area (TPSA) is 43.9 Å². The Bertz CT molecular complexity index is 914. The van der Waals surface area contributed by atoms with E-state index in [1.807, 2.05) is 46.2 Å². The first-order valence-electron chi connectivity index (χ1n) is 10.9. The Labute approximate surface area is 182 Å². The van der Waals surface area contributed by atoms with Gasteiger partial charge in [0.15, 0.2) is 0 Å². The molecule has 0 unspecified atom stereocenters. The molecule has 0 saturated carbocycles. The Kier molecular flexibility index (Phi) is 6.65. The Balaban J connectivity index is 1.23. The number of benzene rings is 2. The Morgan fingerprint density at radius 2 is 1.45 bits per heavy atom. The molecule has 2 aromatic rings. The number of carbonyl (C=O) groups excluding carboxylic acids is 2. The second-order valence-corrected chi connectivity index (χ2v) is 8.13. The number of nitrogens with zero attached hydrogens (tertiary/aromatic N) is 3. The van der Waals surface area contributed by atoms with Crippen LogP contribution in [-0.2, 0) is 9.59 Å². The molecule has 2 saturated heterocycles. The number of hydrogen-bond acceptors (Lipinski definition) is 3. The SMILES string of the molecule is O=C(/C=C/c1ccccc1)N1CCC(C(=O)N2CCN(c3ccc(F)cc3)CC2)CC1.